The quantitative estimate of drug-likeness (QED) is 0.751. The van der Waals surface area contributed by atoms with E-state index in [-0.39, 0.29) is 36.9 Å². The summed E-state index contributed by atoms with van der Waals surface area (Å²) in [7, 11) is -3.86. The molecule has 1 aromatic rings. The van der Waals surface area contributed by atoms with E-state index in [0.29, 0.717) is 0 Å². The normalized spacial score (nSPS) is 21.5. The SMILES string of the molecule is Nc1ccc(S(=O)(=O)N2CCOCC2CO)cc1F. The molecular formula is C11H15FN2O4S. The van der Waals surface area contributed by atoms with Crippen LogP contribution in [0.25, 0.3) is 0 Å². The molecule has 0 aromatic heterocycles. The van der Waals surface area contributed by atoms with Crippen LogP contribution >= 0.6 is 0 Å². The molecule has 0 amide bonds. The maximum Gasteiger partial charge on any atom is 0.243 e. The van der Waals surface area contributed by atoms with Crippen LogP contribution in [0.2, 0.25) is 0 Å². The summed E-state index contributed by atoms with van der Waals surface area (Å²) in [6.45, 7) is 0.136. The number of nitrogen functional groups attached to an aromatic ring is 1. The van der Waals surface area contributed by atoms with E-state index in [9.17, 15) is 17.9 Å². The molecule has 1 aliphatic rings. The molecule has 1 fully saturated rings. The Kier molecular flexibility index (Phi) is 4.04. The first-order valence-electron chi connectivity index (χ1n) is 5.72. The Morgan fingerprint density at radius 3 is 2.89 bits per heavy atom. The van der Waals surface area contributed by atoms with Gasteiger partial charge in [0.15, 0.2) is 0 Å². The Hall–Kier alpha value is -1.22. The molecule has 6 nitrogen and oxygen atoms in total. The molecule has 1 saturated heterocycles. The van der Waals surface area contributed by atoms with Crippen molar-refractivity contribution in [3.63, 3.8) is 0 Å². The van der Waals surface area contributed by atoms with E-state index in [0.717, 1.165) is 10.4 Å². The zero-order valence-electron chi connectivity index (χ0n) is 10.1. The zero-order valence-corrected chi connectivity index (χ0v) is 10.9. The summed E-state index contributed by atoms with van der Waals surface area (Å²) in [5, 5.41) is 9.19. The van der Waals surface area contributed by atoms with Gasteiger partial charge in [0.25, 0.3) is 0 Å². The minimum atomic E-state index is -3.86. The van der Waals surface area contributed by atoms with Gasteiger partial charge < -0.3 is 15.6 Å². The number of nitrogens with zero attached hydrogens (tertiary/aromatic N) is 1. The standard InChI is InChI=1S/C11H15FN2O4S/c12-10-5-9(1-2-11(10)13)19(16,17)14-3-4-18-7-8(14)6-15/h1-2,5,8,15H,3-4,6-7,13H2. The van der Waals surface area contributed by atoms with Crippen molar-refractivity contribution in [1.82, 2.24) is 4.31 Å². The Morgan fingerprint density at radius 2 is 2.26 bits per heavy atom. The molecule has 1 aromatic carbocycles. The highest BCUT2D eigenvalue weighted by atomic mass is 32.2. The van der Waals surface area contributed by atoms with Crippen LogP contribution in [0.4, 0.5) is 10.1 Å². The molecule has 106 valence electrons. The lowest BCUT2D eigenvalue weighted by atomic mass is 10.3. The number of ether oxygens (including phenoxy) is 1. The first-order valence-corrected chi connectivity index (χ1v) is 7.16. The minimum absolute atomic E-state index is 0.111. The largest absolute Gasteiger partial charge is 0.396 e. The average Bonchev–Trinajstić information content (AvgIpc) is 2.41. The summed E-state index contributed by atoms with van der Waals surface area (Å²) in [5.74, 6) is -0.783. The molecule has 8 heteroatoms. The van der Waals surface area contributed by atoms with Gasteiger partial charge in [-0.15, -0.1) is 0 Å². The van der Waals surface area contributed by atoms with Crippen LogP contribution in [-0.2, 0) is 14.8 Å². The highest BCUT2D eigenvalue weighted by Crippen LogP contribution is 2.23. The summed E-state index contributed by atoms with van der Waals surface area (Å²) < 4.78 is 44.4. The lowest BCUT2D eigenvalue weighted by Crippen LogP contribution is -2.50. The van der Waals surface area contributed by atoms with Crippen LogP contribution in [0.15, 0.2) is 23.1 Å². The number of anilines is 1. The number of morpholine rings is 1. The van der Waals surface area contributed by atoms with Crippen LogP contribution in [0.1, 0.15) is 0 Å². The van der Waals surface area contributed by atoms with Gasteiger partial charge in [0, 0.05) is 6.54 Å². The second kappa shape index (κ2) is 5.41. The van der Waals surface area contributed by atoms with Crippen molar-refractivity contribution >= 4 is 15.7 Å². The molecule has 1 atom stereocenters. The fourth-order valence-corrected chi connectivity index (χ4v) is 3.50. The van der Waals surface area contributed by atoms with Gasteiger partial charge in [-0.2, -0.15) is 4.31 Å². The number of rotatable bonds is 3. The van der Waals surface area contributed by atoms with Crippen molar-refractivity contribution in [2.24, 2.45) is 0 Å². The van der Waals surface area contributed by atoms with Gasteiger partial charge in [0.1, 0.15) is 5.82 Å². The lowest BCUT2D eigenvalue weighted by Gasteiger charge is -2.33. The van der Waals surface area contributed by atoms with Crippen LogP contribution in [0.3, 0.4) is 0 Å². The molecule has 0 bridgehead atoms. The summed E-state index contributed by atoms with van der Waals surface area (Å²) in [4.78, 5) is -0.181. The molecule has 0 radical (unpaired) electrons. The Bertz CT molecular complexity index is 564. The fraction of sp³-hybridized carbons (Fsp3) is 0.455. The Balaban J connectivity index is 2.37. The second-order valence-electron chi connectivity index (χ2n) is 4.21. The highest BCUT2D eigenvalue weighted by Gasteiger charge is 2.33. The van der Waals surface area contributed by atoms with E-state index in [2.05, 4.69) is 0 Å². The molecule has 3 N–H and O–H groups in total. The van der Waals surface area contributed by atoms with E-state index in [4.69, 9.17) is 10.5 Å². The van der Waals surface area contributed by atoms with E-state index < -0.39 is 21.9 Å². The summed E-state index contributed by atoms with van der Waals surface area (Å²) >= 11 is 0. The first kappa shape index (κ1) is 14.2. The molecule has 1 unspecified atom stereocenters. The third-order valence-corrected chi connectivity index (χ3v) is 4.91. The number of halogens is 1. The lowest BCUT2D eigenvalue weighted by molar-refractivity contribution is 0.0109. The summed E-state index contributed by atoms with van der Waals surface area (Å²) in [6.07, 6.45) is 0. The first-order chi connectivity index (χ1) is 8.96. The van der Waals surface area contributed by atoms with Crippen molar-refractivity contribution in [1.29, 1.82) is 0 Å². The molecule has 0 saturated carbocycles. The van der Waals surface area contributed by atoms with Crippen LogP contribution in [0, 0.1) is 5.82 Å². The van der Waals surface area contributed by atoms with Crippen molar-refractivity contribution in [2.75, 3.05) is 32.1 Å². The number of hydrogen-bond donors (Lipinski definition) is 2. The molecule has 0 aliphatic carbocycles. The smallest absolute Gasteiger partial charge is 0.243 e. The molecule has 19 heavy (non-hydrogen) atoms. The molecule has 1 heterocycles. The number of hydrogen-bond acceptors (Lipinski definition) is 5. The van der Waals surface area contributed by atoms with Gasteiger partial charge in [-0.1, -0.05) is 0 Å². The molecule has 0 spiro atoms. The molecule has 1 aliphatic heterocycles. The van der Waals surface area contributed by atoms with Crippen LogP contribution in [-0.4, -0.2) is 50.2 Å². The number of aliphatic hydroxyl groups is 1. The second-order valence-corrected chi connectivity index (χ2v) is 6.10. The third-order valence-electron chi connectivity index (χ3n) is 2.96. The van der Waals surface area contributed by atoms with Crippen molar-refractivity contribution in [3.8, 4) is 0 Å². The van der Waals surface area contributed by atoms with E-state index >= 15 is 0 Å². The number of aliphatic hydroxyl groups excluding tert-OH is 1. The zero-order chi connectivity index (χ0) is 14.0. The molecule has 2 rings (SSSR count). The highest BCUT2D eigenvalue weighted by molar-refractivity contribution is 7.89. The van der Waals surface area contributed by atoms with Gasteiger partial charge >= 0.3 is 0 Å². The monoisotopic (exact) mass is 290 g/mol. The number of nitrogens with two attached hydrogens (primary N) is 1. The minimum Gasteiger partial charge on any atom is -0.396 e. The predicted octanol–water partition coefficient (Wildman–Crippen LogP) is -0.210. The predicted molar refractivity (Wildman–Crippen MR) is 66.4 cm³/mol. The maximum atomic E-state index is 13.4. The van der Waals surface area contributed by atoms with E-state index in [1.807, 2.05) is 0 Å². The van der Waals surface area contributed by atoms with Crippen molar-refractivity contribution in [2.45, 2.75) is 10.9 Å². The van der Waals surface area contributed by atoms with Gasteiger partial charge in [0.2, 0.25) is 10.0 Å². The molecular weight excluding hydrogens is 275 g/mol. The number of sulfonamides is 1. The van der Waals surface area contributed by atoms with Crippen molar-refractivity contribution in [3.05, 3.63) is 24.0 Å². The maximum absolute atomic E-state index is 13.4. The summed E-state index contributed by atoms with van der Waals surface area (Å²) in [5.41, 5.74) is 5.21. The van der Waals surface area contributed by atoms with Gasteiger partial charge in [-0.3, -0.25) is 0 Å². The van der Waals surface area contributed by atoms with Gasteiger partial charge in [-0.25, -0.2) is 12.8 Å². The number of benzene rings is 1. The third kappa shape index (κ3) is 2.71. The van der Waals surface area contributed by atoms with E-state index in [1.165, 1.54) is 12.1 Å². The average molecular weight is 290 g/mol. The topological polar surface area (TPSA) is 92.9 Å². The van der Waals surface area contributed by atoms with Crippen molar-refractivity contribution < 1.29 is 22.7 Å². The van der Waals surface area contributed by atoms with Crippen LogP contribution in [0.5, 0.6) is 0 Å². The van der Waals surface area contributed by atoms with E-state index in [1.54, 1.807) is 0 Å². The summed E-state index contributed by atoms with van der Waals surface area (Å²) in [6, 6.07) is 2.68. The van der Waals surface area contributed by atoms with Crippen LogP contribution < -0.4 is 5.73 Å². The van der Waals surface area contributed by atoms with Gasteiger partial charge in [-0.05, 0) is 18.2 Å². The Labute approximate surface area is 110 Å². The van der Waals surface area contributed by atoms with Gasteiger partial charge in [0.05, 0.1) is 36.4 Å². The fourth-order valence-electron chi connectivity index (χ4n) is 1.90. The Morgan fingerprint density at radius 1 is 1.53 bits per heavy atom.